The summed E-state index contributed by atoms with van der Waals surface area (Å²) in [5.74, 6) is 0.893. The highest BCUT2D eigenvalue weighted by molar-refractivity contribution is 5.78. The van der Waals surface area contributed by atoms with Crippen LogP contribution in [0.2, 0.25) is 0 Å². The molecular formula is C20H23FN4. The summed E-state index contributed by atoms with van der Waals surface area (Å²) in [6.45, 7) is 4.25. The lowest BCUT2D eigenvalue weighted by atomic mass is 10.1. The van der Waals surface area contributed by atoms with E-state index in [9.17, 15) is 4.39 Å². The van der Waals surface area contributed by atoms with E-state index >= 15 is 0 Å². The van der Waals surface area contributed by atoms with Crippen LogP contribution >= 0.6 is 0 Å². The highest BCUT2D eigenvalue weighted by Gasteiger charge is 2.18. The van der Waals surface area contributed by atoms with Crippen molar-refractivity contribution in [3.05, 3.63) is 48.0 Å². The van der Waals surface area contributed by atoms with Gasteiger partial charge in [-0.3, -0.25) is 0 Å². The summed E-state index contributed by atoms with van der Waals surface area (Å²) in [6, 6.07) is 8.71. The zero-order valence-corrected chi connectivity index (χ0v) is 14.6. The first-order valence-corrected chi connectivity index (χ1v) is 9.15. The zero-order chi connectivity index (χ0) is 17.2. The maximum absolute atomic E-state index is 13.3. The van der Waals surface area contributed by atoms with Gasteiger partial charge < -0.3 is 4.90 Å². The molecule has 4 rings (SSSR count). The lowest BCUT2D eigenvalue weighted by Crippen LogP contribution is -2.26. The van der Waals surface area contributed by atoms with Gasteiger partial charge in [0.25, 0.3) is 0 Å². The Morgan fingerprint density at radius 1 is 1.04 bits per heavy atom. The lowest BCUT2D eigenvalue weighted by Gasteiger charge is -2.23. The van der Waals surface area contributed by atoms with Crippen LogP contribution < -0.4 is 4.90 Å². The molecule has 0 saturated carbocycles. The molecule has 0 amide bonds. The summed E-state index contributed by atoms with van der Waals surface area (Å²) >= 11 is 0. The van der Waals surface area contributed by atoms with E-state index in [0.29, 0.717) is 0 Å². The molecule has 0 spiro atoms. The quantitative estimate of drug-likeness (QED) is 0.706. The Balaban J connectivity index is 1.85. The summed E-state index contributed by atoms with van der Waals surface area (Å²) in [5.41, 5.74) is 3.81. The maximum atomic E-state index is 13.3. The first kappa shape index (κ1) is 16.1. The second kappa shape index (κ2) is 6.82. The first-order chi connectivity index (χ1) is 12.3. The highest BCUT2D eigenvalue weighted by atomic mass is 19.1. The molecule has 5 heteroatoms. The SMILES string of the molecule is CCc1cc(N2CCCCCC2)n2ncc(-c3ccc(F)cc3)c2n1. The van der Waals surface area contributed by atoms with E-state index in [-0.39, 0.29) is 5.82 Å². The van der Waals surface area contributed by atoms with Crippen LogP contribution in [0.3, 0.4) is 0 Å². The van der Waals surface area contributed by atoms with Gasteiger partial charge in [0.15, 0.2) is 5.65 Å². The molecule has 0 atom stereocenters. The Kier molecular flexibility index (Phi) is 4.38. The average molecular weight is 338 g/mol. The van der Waals surface area contributed by atoms with E-state index in [1.165, 1.54) is 37.8 Å². The number of aromatic nitrogens is 3. The van der Waals surface area contributed by atoms with Gasteiger partial charge in [-0.2, -0.15) is 9.61 Å². The topological polar surface area (TPSA) is 33.4 Å². The van der Waals surface area contributed by atoms with Crippen LogP contribution in [0.5, 0.6) is 0 Å². The summed E-state index contributed by atoms with van der Waals surface area (Å²) in [7, 11) is 0. The Labute approximate surface area is 147 Å². The highest BCUT2D eigenvalue weighted by Crippen LogP contribution is 2.28. The second-order valence-corrected chi connectivity index (χ2v) is 6.66. The van der Waals surface area contributed by atoms with E-state index in [1.54, 1.807) is 12.1 Å². The van der Waals surface area contributed by atoms with E-state index in [2.05, 4.69) is 23.0 Å². The lowest BCUT2D eigenvalue weighted by molar-refractivity contribution is 0.628. The number of aryl methyl sites for hydroxylation is 1. The fourth-order valence-electron chi connectivity index (χ4n) is 3.53. The third kappa shape index (κ3) is 3.11. The van der Waals surface area contributed by atoms with Crippen LogP contribution in [0.1, 0.15) is 38.3 Å². The van der Waals surface area contributed by atoms with Gasteiger partial charge in [-0.25, -0.2) is 9.37 Å². The smallest absolute Gasteiger partial charge is 0.165 e. The molecule has 1 saturated heterocycles. The summed E-state index contributed by atoms with van der Waals surface area (Å²) in [6.07, 6.45) is 7.76. The monoisotopic (exact) mass is 338 g/mol. The van der Waals surface area contributed by atoms with Gasteiger partial charge >= 0.3 is 0 Å². The molecule has 0 radical (unpaired) electrons. The van der Waals surface area contributed by atoms with E-state index < -0.39 is 0 Å². The molecule has 1 aliphatic heterocycles. The van der Waals surface area contributed by atoms with Gasteiger partial charge in [0.2, 0.25) is 0 Å². The van der Waals surface area contributed by atoms with Gasteiger partial charge in [-0.1, -0.05) is 31.9 Å². The fourth-order valence-corrected chi connectivity index (χ4v) is 3.53. The summed E-state index contributed by atoms with van der Waals surface area (Å²) in [4.78, 5) is 7.24. The largest absolute Gasteiger partial charge is 0.356 e. The number of hydrogen-bond acceptors (Lipinski definition) is 3. The molecule has 130 valence electrons. The molecule has 1 aromatic carbocycles. The van der Waals surface area contributed by atoms with Crippen LogP contribution in [0.25, 0.3) is 16.8 Å². The Bertz CT molecular complexity index is 861. The number of nitrogens with zero attached hydrogens (tertiary/aromatic N) is 4. The minimum atomic E-state index is -0.229. The van der Waals surface area contributed by atoms with Crippen LogP contribution in [0.15, 0.2) is 36.5 Å². The van der Waals surface area contributed by atoms with Crippen molar-refractivity contribution in [3.63, 3.8) is 0 Å². The zero-order valence-electron chi connectivity index (χ0n) is 14.6. The third-order valence-corrected chi connectivity index (χ3v) is 4.95. The van der Waals surface area contributed by atoms with Crippen LogP contribution in [0, 0.1) is 5.82 Å². The predicted octanol–water partition coefficient (Wildman–Crippen LogP) is 4.48. The Morgan fingerprint density at radius 3 is 2.44 bits per heavy atom. The van der Waals surface area contributed by atoms with Crippen LogP contribution in [-0.2, 0) is 6.42 Å². The normalized spacial score (nSPS) is 15.5. The van der Waals surface area contributed by atoms with Crippen molar-refractivity contribution in [1.82, 2.24) is 14.6 Å². The molecule has 0 unspecified atom stereocenters. The molecule has 1 fully saturated rings. The van der Waals surface area contributed by atoms with E-state index in [0.717, 1.165) is 47.8 Å². The summed E-state index contributed by atoms with van der Waals surface area (Å²) in [5, 5.41) is 4.62. The summed E-state index contributed by atoms with van der Waals surface area (Å²) < 4.78 is 15.2. The predicted molar refractivity (Wildman–Crippen MR) is 98.4 cm³/mol. The molecule has 0 N–H and O–H groups in total. The van der Waals surface area contributed by atoms with Crippen LogP contribution in [-0.4, -0.2) is 27.7 Å². The molecule has 2 aromatic heterocycles. The van der Waals surface area contributed by atoms with Crippen molar-refractivity contribution in [3.8, 4) is 11.1 Å². The molecule has 25 heavy (non-hydrogen) atoms. The van der Waals surface area contributed by atoms with Crippen molar-refractivity contribution in [2.24, 2.45) is 0 Å². The number of hydrogen-bond donors (Lipinski definition) is 0. The molecule has 0 aliphatic carbocycles. The second-order valence-electron chi connectivity index (χ2n) is 6.66. The molecule has 4 nitrogen and oxygen atoms in total. The standard InChI is InChI=1S/C20H23FN4/c1-2-17-13-19(24-11-5-3-4-6-12-24)25-20(23-17)18(14-22-25)15-7-9-16(21)10-8-15/h7-10,13-14H,2-6,11-12H2,1H3. The van der Waals surface area contributed by atoms with Gasteiger partial charge in [-0.05, 0) is 37.0 Å². The Hall–Kier alpha value is -2.43. The third-order valence-electron chi connectivity index (χ3n) is 4.95. The molecule has 1 aliphatic rings. The molecule has 3 heterocycles. The fraction of sp³-hybridized carbons (Fsp3) is 0.400. The number of rotatable bonds is 3. The average Bonchev–Trinajstić information content (AvgIpc) is 2.88. The number of anilines is 1. The maximum Gasteiger partial charge on any atom is 0.165 e. The van der Waals surface area contributed by atoms with Gasteiger partial charge in [-0.15, -0.1) is 0 Å². The van der Waals surface area contributed by atoms with Gasteiger partial charge in [0.1, 0.15) is 11.6 Å². The molecule has 3 aromatic rings. The molecular weight excluding hydrogens is 315 g/mol. The van der Waals surface area contributed by atoms with Crippen molar-refractivity contribution in [2.45, 2.75) is 39.0 Å². The van der Waals surface area contributed by atoms with E-state index in [4.69, 9.17) is 4.98 Å². The van der Waals surface area contributed by atoms with Crippen molar-refractivity contribution in [2.75, 3.05) is 18.0 Å². The van der Waals surface area contributed by atoms with Crippen molar-refractivity contribution >= 4 is 11.5 Å². The minimum Gasteiger partial charge on any atom is -0.356 e. The first-order valence-electron chi connectivity index (χ1n) is 9.15. The van der Waals surface area contributed by atoms with Crippen molar-refractivity contribution < 1.29 is 4.39 Å². The number of fused-ring (bicyclic) bond motifs is 1. The minimum absolute atomic E-state index is 0.229. The molecule has 0 bridgehead atoms. The number of halogens is 1. The number of benzene rings is 1. The van der Waals surface area contributed by atoms with Crippen LogP contribution in [0.4, 0.5) is 10.2 Å². The Morgan fingerprint density at radius 2 is 1.76 bits per heavy atom. The van der Waals surface area contributed by atoms with Gasteiger partial charge in [0.05, 0.1) is 6.20 Å². The van der Waals surface area contributed by atoms with E-state index in [1.807, 2.05) is 10.7 Å². The van der Waals surface area contributed by atoms with Gasteiger partial charge in [0, 0.05) is 30.4 Å². The van der Waals surface area contributed by atoms with Crippen molar-refractivity contribution in [1.29, 1.82) is 0 Å².